The Hall–Kier alpha value is -6.06. The fraction of sp³-hybridized carbons (Fsp3) is 0.353. The summed E-state index contributed by atoms with van der Waals surface area (Å²) in [5.41, 5.74) is -1.05. The molecule has 0 spiro atoms. The molecule has 0 fully saturated rings. The van der Waals surface area contributed by atoms with Crippen molar-refractivity contribution in [3.63, 3.8) is 0 Å². The van der Waals surface area contributed by atoms with Gasteiger partial charge in [0.15, 0.2) is 47.7 Å². The third-order valence-corrected chi connectivity index (χ3v) is 7.65. The maximum Gasteiger partial charge on any atom is 0.343 e. The monoisotopic (exact) mass is 700 g/mol. The molecule has 3 rings (SSSR count). The van der Waals surface area contributed by atoms with E-state index in [-0.39, 0.29) is 34.1 Å². The summed E-state index contributed by atoms with van der Waals surface area (Å²) in [4.78, 5) is 76.5. The topological polar surface area (TPSA) is 217 Å². The van der Waals surface area contributed by atoms with E-state index in [1.54, 1.807) is 0 Å². The van der Waals surface area contributed by atoms with Crippen LogP contribution < -0.4 is 18.9 Å². The number of ketones is 2. The first-order valence-corrected chi connectivity index (χ1v) is 14.7. The Morgan fingerprint density at radius 2 is 0.880 bits per heavy atom. The highest BCUT2D eigenvalue weighted by atomic mass is 16.6. The molecule has 0 saturated carbocycles. The van der Waals surface area contributed by atoms with E-state index in [4.69, 9.17) is 28.4 Å². The number of carbonyl (C=O) groups is 6. The fourth-order valence-electron chi connectivity index (χ4n) is 5.07. The van der Waals surface area contributed by atoms with E-state index in [0.717, 1.165) is 28.4 Å². The van der Waals surface area contributed by atoms with Crippen LogP contribution in [0.2, 0.25) is 0 Å². The first-order chi connectivity index (χ1) is 23.8. The molecule has 1 aliphatic rings. The van der Waals surface area contributed by atoms with Crippen molar-refractivity contribution in [1.29, 1.82) is 0 Å². The van der Waals surface area contributed by atoms with Crippen molar-refractivity contribution in [2.45, 2.75) is 24.7 Å². The number of hydrogen-bond donors (Lipinski definition) is 2. The number of allylic oxidation sites excluding steroid dienone is 2. The summed E-state index contributed by atoms with van der Waals surface area (Å²) in [6.07, 6.45) is -1.18. The van der Waals surface area contributed by atoms with Gasteiger partial charge in [0, 0.05) is 11.8 Å². The summed E-state index contributed by atoms with van der Waals surface area (Å²) in [5, 5.41) is 22.7. The van der Waals surface area contributed by atoms with E-state index in [1.807, 2.05) is 0 Å². The lowest BCUT2D eigenvalue weighted by Gasteiger charge is -2.28. The Bertz CT molecular complexity index is 1590. The number of esters is 4. The Morgan fingerprint density at radius 1 is 0.540 bits per heavy atom. The summed E-state index contributed by atoms with van der Waals surface area (Å²) >= 11 is 0. The molecule has 1 aliphatic carbocycles. The minimum Gasteiger partial charge on any atom is -0.504 e. The molecule has 0 radical (unpaired) electrons. The van der Waals surface area contributed by atoms with Crippen molar-refractivity contribution >= 4 is 35.4 Å². The molecule has 268 valence electrons. The van der Waals surface area contributed by atoms with Crippen LogP contribution in [0.3, 0.4) is 0 Å². The number of rotatable bonds is 16. The lowest BCUT2D eigenvalue weighted by Crippen LogP contribution is -2.31. The molecular weight excluding hydrogens is 664 g/mol. The van der Waals surface area contributed by atoms with Crippen LogP contribution in [0, 0.1) is 0 Å². The molecule has 0 bridgehead atoms. The molecule has 0 aromatic heterocycles. The van der Waals surface area contributed by atoms with Crippen molar-refractivity contribution in [3.05, 3.63) is 70.2 Å². The molecule has 2 aromatic rings. The van der Waals surface area contributed by atoms with E-state index < -0.39 is 96.0 Å². The number of Topliss-reactive ketones (excluding diaryl/α,β-unsaturated/α-hetero) is 2. The zero-order valence-corrected chi connectivity index (χ0v) is 28.1. The van der Waals surface area contributed by atoms with Crippen molar-refractivity contribution in [1.82, 2.24) is 0 Å². The third kappa shape index (κ3) is 8.69. The molecule has 50 heavy (non-hydrogen) atoms. The maximum atomic E-state index is 13.9. The van der Waals surface area contributed by atoms with Crippen molar-refractivity contribution < 1.29 is 76.9 Å². The van der Waals surface area contributed by atoms with Gasteiger partial charge in [-0.1, -0.05) is 12.1 Å². The molecule has 0 aliphatic heterocycles. The lowest BCUT2D eigenvalue weighted by atomic mass is 9.75. The molecular formula is C34H36O16. The highest BCUT2D eigenvalue weighted by molar-refractivity contribution is 6.24. The fourth-order valence-corrected chi connectivity index (χ4v) is 5.07. The smallest absolute Gasteiger partial charge is 0.343 e. The van der Waals surface area contributed by atoms with Crippen LogP contribution in [-0.2, 0) is 47.7 Å². The predicted octanol–water partition coefficient (Wildman–Crippen LogP) is 2.58. The quantitative estimate of drug-likeness (QED) is 0.146. The van der Waals surface area contributed by atoms with Crippen molar-refractivity contribution in [2.75, 3.05) is 55.9 Å². The molecule has 0 saturated heterocycles. The van der Waals surface area contributed by atoms with Crippen LogP contribution in [0.25, 0.3) is 0 Å². The van der Waals surface area contributed by atoms with E-state index in [9.17, 15) is 39.0 Å². The van der Waals surface area contributed by atoms with Gasteiger partial charge >= 0.3 is 23.9 Å². The highest BCUT2D eigenvalue weighted by Gasteiger charge is 2.43. The predicted molar refractivity (Wildman–Crippen MR) is 169 cm³/mol. The van der Waals surface area contributed by atoms with E-state index in [2.05, 4.69) is 9.47 Å². The SMILES string of the molecule is COC(=O)COc1cc([C@H](CC(=O)OC)C2=C(O)C(=O)C([C@H](CC(=O)OC)c3ccc(OC)c(OCC(=O)OC)c3)=C(O)C2=O)ccc1OC. The van der Waals surface area contributed by atoms with Gasteiger partial charge < -0.3 is 48.1 Å². The molecule has 2 aromatic carbocycles. The van der Waals surface area contributed by atoms with Gasteiger partial charge in [0.1, 0.15) is 0 Å². The average Bonchev–Trinajstić information content (AvgIpc) is 3.13. The van der Waals surface area contributed by atoms with Gasteiger partial charge in [-0.05, 0) is 35.4 Å². The maximum absolute atomic E-state index is 13.9. The molecule has 0 amide bonds. The molecule has 16 heteroatoms. The number of carbonyl (C=O) groups excluding carboxylic acids is 6. The van der Waals surface area contributed by atoms with Gasteiger partial charge in [-0.25, -0.2) is 9.59 Å². The van der Waals surface area contributed by atoms with Crippen molar-refractivity contribution in [2.24, 2.45) is 0 Å². The lowest BCUT2D eigenvalue weighted by molar-refractivity contribution is -0.143. The van der Waals surface area contributed by atoms with Crippen LogP contribution >= 0.6 is 0 Å². The van der Waals surface area contributed by atoms with Crippen LogP contribution in [0.1, 0.15) is 35.8 Å². The van der Waals surface area contributed by atoms with E-state index >= 15 is 0 Å². The number of hydrogen-bond acceptors (Lipinski definition) is 16. The number of ether oxygens (including phenoxy) is 8. The van der Waals surface area contributed by atoms with Gasteiger partial charge in [-0.15, -0.1) is 0 Å². The summed E-state index contributed by atoms with van der Waals surface area (Å²) in [5.74, 6) is -10.3. The van der Waals surface area contributed by atoms with E-state index in [1.165, 1.54) is 50.6 Å². The third-order valence-electron chi connectivity index (χ3n) is 7.65. The van der Waals surface area contributed by atoms with Gasteiger partial charge in [-0.2, -0.15) is 0 Å². The Kier molecular flexibility index (Phi) is 13.3. The van der Waals surface area contributed by atoms with Crippen LogP contribution in [0.5, 0.6) is 23.0 Å². The van der Waals surface area contributed by atoms with E-state index in [0.29, 0.717) is 0 Å². The minimum atomic E-state index is -1.40. The summed E-state index contributed by atoms with van der Waals surface area (Å²) < 4.78 is 40.3. The summed E-state index contributed by atoms with van der Waals surface area (Å²) in [6.45, 7) is -1.06. The first kappa shape index (κ1) is 38.4. The summed E-state index contributed by atoms with van der Waals surface area (Å²) in [7, 11) is 7.15. The minimum absolute atomic E-state index is 0.0109. The van der Waals surface area contributed by atoms with Gasteiger partial charge in [0.05, 0.1) is 66.6 Å². The van der Waals surface area contributed by atoms with Crippen molar-refractivity contribution in [3.8, 4) is 23.0 Å². The number of aliphatic hydroxyl groups excluding tert-OH is 2. The Balaban J connectivity index is 2.18. The standard InChI is InChI=1S/C34H36O16/c1-43-21-9-7-17(11-23(21)49-15-27(37)47-5)19(13-25(35)45-3)29-31(39)33(41)30(34(42)32(29)40)20(14-26(36)46-4)18-8-10-22(44-2)24(12-18)50-16-28(38)48-6/h7-12,19-20,39,42H,13-16H2,1-6H3/t19-,20+. The second kappa shape index (κ2) is 17.4. The van der Waals surface area contributed by atoms with Gasteiger partial charge in [0.25, 0.3) is 0 Å². The van der Waals surface area contributed by atoms with Crippen LogP contribution in [0.4, 0.5) is 0 Å². The second-order valence-electron chi connectivity index (χ2n) is 10.4. The Morgan fingerprint density at radius 3 is 1.18 bits per heavy atom. The number of benzene rings is 2. The van der Waals surface area contributed by atoms with Gasteiger partial charge in [0.2, 0.25) is 11.6 Å². The molecule has 0 unspecified atom stereocenters. The highest BCUT2D eigenvalue weighted by Crippen LogP contribution is 2.43. The molecule has 16 nitrogen and oxygen atoms in total. The summed E-state index contributed by atoms with van der Waals surface area (Å²) in [6, 6.07) is 8.26. The average molecular weight is 701 g/mol. The molecule has 0 heterocycles. The first-order valence-electron chi connectivity index (χ1n) is 14.7. The second-order valence-corrected chi connectivity index (χ2v) is 10.4. The normalized spacial score (nSPS) is 14.0. The molecule has 2 N–H and O–H groups in total. The number of methoxy groups -OCH3 is 6. The van der Waals surface area contributed by atoms with Gasteiger partial charge in [-0.3, -0.25) is 19.2 Å². The van der Waals surface area contributed by atoms with Crippen LogP contribution in [0.15, 0.2) is 59.1 Å². The zero-order valence-electron chi connectivity index (χ0n) is 28.1. The Labute approximate surface area is 286 Å². The largest absolute Gasteiger partial charge is 0.504 e. The zero-order chi connectivity index (χ0) is 37.1. The van der Waals surface area contributed by atoms with Crippen LogP contribution in [-0.4, -0.2) is 102 Å². The number of aliphatic hydroxyl groups is 2. The molecule has 2 atom stereocenters.